The number of anilines is 1. The van der Waals surface area contributed by atoms with Gasteiger partial charge >= 0.3 is 5.97 Å². The Morgan fingerprint density at radius 2 is 1.94 bits per heavy atom. The first kappa shape index (κ1) is 23.6. The summed E-state index contributed by atoms with van der Waals surface area (Å²) >= 11 is 7.29. The molecule has 0 fully saturated rings. The maximum absolute atomic E-state index is 12.8. The summed E-state index contributed by atoms with van der Waals surface area (Å²) in [6.07, 6.45) is 0.746. The number of carbonyl (C=O) groups excluding carboxylic acids is 2. The van der Waals surface area contributed by atoms with Gasteiger partial charge in [-0.3, -0.25) is 9.59 Å². The summed E-state index contributed by atoms with van der Waals surface area (Å²) in [5, 5.41) is 8.27. The van der Waals surface area contributed by atoms with E-state index >= 15 is 0 Å². The van der Waals surface area contributed by atoms with Crippen LogP contribution in [0.1, 0.15) is 45.3 Å². The van der Waals surface area contributed by atoms with Gasteiger partial charge in [-0.25, -0.2) is 9.78 Å². The summed E-state index contributed by atoms with van der Waals surface area (Å²) in [7, 11) is 0. The van der Waals surface area contributed by atoms with E-state index in [0.29, 0.717) is 32.8 Å². The lowest BCUT2D eigenvalue weighted by Gasteiger charge is -2.11. The number of nitrogens with one attached hydrogen (secondary N) is 1. The minimum absolute atomic E-state index is 0.174. The SMILES string of the molecule is CC(C)Cc1nn2c(=O)cc(COC(=O)c3ccccc3NC(=O)c3cccc(Cl)c3)nc2s1. The largest absolute Gasteiger partial charge is 0.456 e. The number of hydrogen-bond donors (Lipinski definition) is 1. The molecular formula is C24H21ClN4O4S. The van der Waals surface area contributed by atoms with E-state index in [9.17, 15) is 14.4 Å². The summed E-state index contributed by atoms with van der Waals surface area (Å²) in [5.74, 6) is -0.671. The molecule has 0 bridgehead atoms. The summed E-state index contributed by atoms with van der Waals surface area (Å²) in [6.45, 7) is 3.95. The number of hydrogen-bond acceptors (Lipinski definition) is 7. The maximum atomic E-state index is 12.8. The van der Waals surface area contributed by atoms with E-state index in [1.54, 1.807) is 42.5 Å². The number of nitrogens with zero attached hydrogens (tertiary/aromatic N) is 3. The van der Waals surface area contributed by atoms with Gasteiger partial charge in [-0.15, -0.1) is 0 Å². The normalized spacial score (nSPS) is 11.1. The number of amides is 1. The van der Waals surface area contributed by atoms with Gasteiger partial charge in [-0.2, -0.15) is 9.61 Å². The number of esters is 1. The monoisotopic (exact) mass is 496 g/mol. The predicted octanol–water partition coefficient (Wildman–Crippen LogP) is 4.61. The summed E-state index contributed by atoms with van der Waals surface area (Å²) < 4.78 is 6.66. The van der Waals surface area contributed by atoms with Gasteiger partial charge in [0, 0.05) is 23.1 Å². The molecule has 4 aromatic rings. The molecule has 4 rings (SSSR count). The molecule has 1 N–H and O–H groups in total. The third kappa shape index (κ3) is 5.49. The molecule has 8 nitrogen and oxygen atoms in total. The smallest absolute Gasteiger partial charge is 0.340 e. The number of ether oxygens (including phenoxy) is 1. The molecule has 0 aliphatic heterocycles. The zero-order chi connectivity index (χ0) is 24.2. The second kappa shape index (κ2) is 10.1. The topological polar surface area (TPSA) is 103 Å². The van der Waals surface area contributed by atoms with Crippen molar-refractivity contribution < 1.29 is 14.3 Å². The Morgan fingerprint density at radius 1 is 1.15 bits per heavy atom. The highest BCUT2D eigenvalue weighted by molar-refractivity contribution is 7.16. The summed E-state index contributed by atoms with van der Waals surface area (Å²) in [5.41, 5.74) is 0.805. The first-order chi connectivity index (χ1) is 16.3. The first-order valence-electron chi connectivity index (χ1n) is 10.5. The molecule has 0 unspecified atom stereocenters. The van der Waals surface area contributed by atoms with Gasteiger partial charge in [-0.05, 0) is 36.2 Å². The maximum Gasteiger partial charge on any atom is 0.340 e. The number of rotatable bonds is 7. The minimum atomic E-state index is -0.659. The molecule has 2 heterocycles. The predicted molar refractivity (Wildman–Crippen MR) is 131 cm³/mol. The highest BCUT2D eigenvalue weighted by atomic mass is 35.5. The van der Waals surface area contributed by atoms with Crippen molar-refractivity contribution in [2.45, 2.75) is 26.9 Å². The Hall–Kier alpha value is -3.56. The van der Waals surface area contributed by atoms with Crippen molar-refractivity contribution in [3.05, 3.63) is 91.8 Å². The highest BCUT2D eigenvalue weighted by Crippen LogP contribution is 2.20. The van der Waals surface area contributed by atoms with Crippen molar-refractivity contribution in [2.24, 2.45) is 5.92 Å². The van der Waals surface area contributed by atoms with Crippen molar-refractivity contribution in [3.63, 3.8) is 0 Å². The lowest BCUT2D eigenvalue weighted by molar-refractivity contribution is 0.0469. The molecule has 0 aliphatic carbocycles. The molecule has 0 saturated carbocycles. The van der Waals surface area contributed by atoms with Crippen molar-refractivity contribution in [1.29, 1.82) is 0 Å². The van der Waals surface area contributed by atoms with E-state index in [1.165, 1.54) is 28.0 Å². The molecule has 2 aromatic carbocycles. The van der Waals surface area contributed by atoms with E-state index in [1.807, 2.05) is 0 Å². The van der Waals surface area contributed by atoms with Crippen molar-refractivity contribution in [1.82, 2.24) is 14.6 Å². The number of para-hydroxylation sites is 1. The Morgan fingerprint density at radius 3 is 2.71 bits per heavy atom. The third-order valence-corrected chi connectivity index (χ3v) is 5.92. The van der Waals surface area contributed by atoms with Gasteiger partial charge in [0.1, 0.15) is 11.6 Å². The number of benzene rings is 2. The summed E-state index contributed by atoms with van der Waals surface area (Å²) in [6, 6.07) is 14.3. The van der Waals surface area contributed by atoms with Crippen molar-refractivity contribution in [2.75, 3.05) is 5.32 Å². The Bertz CT molecular complexity index is 1430. The molecule has 0 saturated heterocycles. The lowest BCUT2D eigenvalue weighted by atomic mass is 10.1. The Balaban J connectivity index is 1.49. The minimum Gasteiger partial charge on any atom is -0.456 e. The van der Waals surface area contributed by atoms with E-state index in [0.717, 1.165) is 11.4 Å². The van der Waals surface area contributed by atoms with E-state index in [2.05, 4.69) is 29.2 Å². The number of aromatic nitrogens is 3. The molecule has 0 atom stereocenters. The van der Waals surface area contributed by atoms with Crippen LogP contribution in [-0.4, -0.2) is 26.5 Å². The van der Waals surface area contributed by atoms with E-state index in [4.69, 9.17) is 16.3 Å². The van der Waals surface area contributed by atoms with Crippen LogP contribution >= 0.6 is 22.9 Å². The van der Waals surface area contributed by atoms with E-state index in [-0.39, 0.29) is 17.7 Å². The zero-order valence-electron chi connectivity index (χ0n) is 18.4. The molecular weight excluding hydrogens is 476 g/mol. The fraction of sp³-hybridized carbons (Fsp3) is 0.208. The Kier molecular flexibility index (Phi) is 7.04. The molecule has 0 aliphatic rings. The van der Waals surface area contributed by atoms with Crippen LogP contribution in [0.2, 0.25) is 5.02 Å². The zero-order valence-corrected chi connectivity index (χ0v) is 20.0. The van der Waals surface area contributed by atoms with Gasteiger partial charge < -0.3 is 10.1 Å². The van der Waals surface area contributed by atoms with Crippen molar-refractivity contribution in [3.8, 4) is 0 Å². The highest BCUT2D eigenvalue weighted by Gasteiger charge is 2.17. The fourth-order valence-electron chi connectivity index (χ4n) is 3.21. The summed E-state index contributed by atoms with van der Waals surface area (Å²) in [4.78, 5) is 42.6. The van der Waals surface area contributed by atoms with Crippen LogP contribution in [0.3, 0.4) is 0 Å². The van der Waals surface area contributed by atoms with Crippen LogP contribution < -0.4 is 10.9 Å². The molecule has 2 aromatic heterocycles. The van der Waals surface area contributed by atoms with Gasteiger partial charge in [0.05, 0.1) is 16.9 Å². The molecule has 34 heavy (non-hydrogen) atoms. The van der Waals surface area contributed by atoms with Crippen LogP contribution in [0, 0.1) is 5.92 Å². The van der Waals surface area contributed by atoms with Crippen LogP contribution in [0.4, 0.5) is 5.69 Å². The molecule has 174 valence electrons. The number of carbonyl (C=O) groups is 2. The standard InChI is InChI=1S/C24H21ClN4O4S/c1-14(2)10-20-28-29-21(30)12-17(26-24(29)34-20)13-33-23(32)18-8-3-4-9-19(18)27-22(31)15-6-5-7-16(25)11-15/h3-9,11-12,14H,10,13H2,1-2H3,(H,27,31). The second-order valence-corrected chi connectivity index (χ2v) is 9.44. The lowest BCUT2D eigenvalue weighted by Crippen LogP contribution is -2.18. The quantitative estimate of drug-likeness (QED) is 0.375. The average Bonchev–Trinajstić information content (AvgIpc) is 3.20. The number of fused-ring (bicyclic) bond motifs is 1. The van der Waals surface area contributed by atoms with Gasteiger partial charge in [0.15, 0.2) is 0 Å². The van der Waals surface area contributed by atoms with Gasteiger partial charge in [0.2, 0.25) is 4.96 Å². The second-order valence-electron chi connectivity index (χ2n) is 7.96. The van der Waals surface area contributed by atoms with Crippen molar-refractivity contribution >= 4 is 45.5 Å². The van der Waals surface area contributed by atoms with Crippen LogP contribution in [0.25, 0.3) is 4.96 Å². The molecule has 0 radical (unpaired) electrons. The average molecular weight is 497 g/mol. The third-order valence-electron chi connectivity index (χ3n) is 4.76. The van der Waals surface area contributed by atoms with Gasteiger partial charge in [0.25, 0.3) is 11.5 Å². The van der Waals surface area contributed by atoms with Gasteiger partial charge in [-0.1, -0.05) is 55.0 Å². The van der Waals surface area contributed by atoms with Crippen LogP contribution in [0.5, 0.6) is 0 Å². The molecule has 1 amide bonds. The van der Waals surface area contributed by atoms with Crippen LogP contribution in [-0.2, 0) is 17.8 Å². The molecule has 0 spiro atoms. The van der Waals surface area contributed by atoms with Crippen LogP contribution in [0.15, 0.2) is 59.4 Å². The van der Waals surface area contributed by atoms with E-state index < -0.39 is 11.9 Å². The fourth-order valence-corrected chi connectivity index (χ4v) is 4.53. The Labute approximate surface area is 204 Å². The first-order valence-corrected chi connectivity index (χ1v) is 11.7. The molecule has 10 heteroatoms. The number of halogens is 1.